The number of halogens is 1. The summed E-state index contributed by atoms with van der Waals surface area (Å²) in [6, 6.07) is 8.09. The number of carbonyl (C=O) groups is 1. The van der Waals surface area contributed by atoms with Crippen molar-refractivity contribution in [2.45, 2.75) is 31.6 Å². The molecule has 0 saturated carbocycles. The number of aliphatic carboxylic acids is 1. The Kier molecular flexibility index (Phi) is 4.95. The fourth-order valence-corrected chi connectivity index (χ4v) is 2.40. The van der Waals surface area contributed by atoms with Gasteiger partial charge in [-0.25, -0.2) is 4.98 Å². The van der Waals surface area contributed by atoms with Gasteiger partial charge in [0.25, 0.3) is 0 Å². The van der Waals surface area contributed by atoms with E-state index in [1.165, 1.54) is 18.0 Å². The molecule has 4 nitrogen and oxygen atoms in total. The van der Waals surface area contributed by atoms with E-state index in [2.05, 4.69) is 40.0 Å². The SMILES string of the molecule is CC(CCC(C(=O)O)c1ncco1)c1ccc(Br)cc1. The third-order valence-corrected chi connectivity index (χ3v) is 3.90. The third-order valence-electron chi connectivity index (χ3n) is 3.38. The molecule has 0 aliphatic heterocycles. The Morgan fingerprint density at radius 3 is 2.60 bits per heavy atom. The molecule has 1 heterocycles. The maximum Gasteiger partial charge on any atom is 0.315 e. The van der Waals surface area contributed by atoms with E-state index in [-0.39, 0.29) is 5.89 Å². The zero-order valence-electron chi connectivity index (χ0n) is 11.1. The lowest BCUT2D eigenvalue weighted by Gasteiger charge is -2.14. The van der Waals surface area contributed by atoms with E-state index in [1.54, 1.807) is 0 Å². The summed E-state index contributed by atoms with van der Waals surface area (Å²) in [5.74, 6) is -1.00. The van der Waals surface area contributed by atoms with Gasteiger partial charge in [0, 0.05) is 4.47 Å². The maximum atomic E-state index is 11.3. The number of aromatic nitrogens is 1. The van der Waals surface area contributed by atoms with E-state index in [0.29, 0.717) is 12.3 Å². The highest BCUT2D eigenvalue weighted by Gasteiger charge is 2.24. The number of carboxylic acid groups (broad SMARTS) is 1. The van der Waals surface area contributed by atoms with Crippen LogP contribution in [0.3, 0.4) is 0 Å². The molecule has 0 aliphatic rings. The molecular weight excluding hydrogens is 322 g/mol. The fourth-order valence-electron chi connectivity index (χ4n) is 2.13. The van der Waals surface area contributed by atoms with Gasteiger partial charge in [0.15, 0.2) is 0 Å². The van der Waals surface area contributed by atoms with Crippen LogP contribution in [-0.4, -0.2) is 16.1 Å². The maximum absolute atomic E-state index is 11.3. The first-order valence-electron chi connectivity index (χ1n) is 6.45. The van der Waals surface area contributed by atoms with E-state index >= 15 is 0 Å². The molecule has 2 unspecified atom stereocenters. The predicted molar refractivity (Wildman–Crippen MR) is 78.7 cm³/mol. The van der Waals surface area contributed by atoms with Crippen molar-refractivity contribution < 1.29 is 14.3 Å². The molecule has 2 aromatic rings. The molecule has 5 heteroatoms. The van der Waals surface area contributed by atoms with Gasteiger partial charge >= 0.3 is 5.97 Å². The van der Waals surface area contributed by atoms with Crippen molar-refractivity contribution in [1.29, 1.82) is 0 Å². The Labute approximate surface area is 126 Å². The normalized spacial score (nSPS) is 13.9. The van der Waals surface area contributed by atoms with Crippen molar-refractivity contribution in [2.75, 3.05) is 0 Å². The van der Waals surface area contributed by atoms with Gasteiger partial charge in [-0.1, -0.05) is 35.0 Å². The van der Waals surface area contributed by atoms with Crippen LogP contribution < -0.4 is 0 Å². The number of carboxylic acids is 1. The molecule has 1 N–H and O–H groups in total. The first-order chi connectivity index (χ1) is 9.58. The van der Waals surface area contributed by atoms with Gasteiger partial charge in [0.2, 0.25) is 5.89 Å². The third kappa shape index (κ3) is 3.70. The molecule has 2 rings (SSSR count). The van der Waals surface area contributed by atoms with Gasteiger partial charge in [0.1, 0.15) is 12.2 Å². The Morgan fingerprint density at radius 1 is 1.35 bits per heavy atom. The molecule has 0 fully saturated rings. The van der Waals surface area contributed by atoms with Crippen LogP contribution in [0.2, 0.25) is 0 Å². The second-order valence-electron chi connectivity index (χ2n) is 4.79. The summed E-state index contributed by atoms with van der Waals surface area (Å²) in [4.78, 5) is 15.2. The second kappa shape index (κ2) is 6.70. The Hall–Kier alpha value is -1.62. The molecule has 0 radical (unpaired) electrons. The summed E-state index contributed by atoms with van der Waals surface area (Å²) in [5, 5.41) is 9.26. The molecule has 0 aliphatic carbocycles. The first-order valence-corrected chi connectivity index (χ1v) is 7.25. The lowest BCUT2D eigenvalue weighted by Crippen LogP contribution is -2.13. The van der Waals surface area contributed by atoms with Crippen molar-refractivity contribution in [3.05, 3.63) is 52.7 Å². The highest BCUT2D eigenvalue weighted by molar-refractivity contribution is 9.10. The van der Waals surface area contributed by atoms with Gasteiger partial charge in [0.05, 0.1) is 6.20 Å². The van der Waals surface area contributed by atoms with Crippen LogP contribution in [0.4, 0.5) is 0 Å². The van der Waals surface area contributed by atoms with Crippen LogP contribution in [0.5, 0.6) is 0 Å². The van der Waals surface area contributed by atoms with Crippen molar-refractivity contribution in [3.8, 4) is 0 Å². The molecule has 0 amide bonds. The Morgan fingerprint density at radius 2 is 2.05 bits per heavy atom. The molecular formula is C15H16BrNO3. The minimum absolute atomic E-state index is 0.278. The monoisotopic (exact) mass is 337 g/mol. The van der Waals surface area contributed by atoms with Crippen LogP contribution in [0.1, 0.15) is 43.1 Å². The fraction of sp³-hybridized carbons (Fsp3) is 0.333. The van der Waals surface area contributed by atoms with E-state index in [1.807, 2.05) is 12.1 Å². The molecule has 0 saturated heterocycles. The number of benzene rings is 1. The van der Waals surface area contributed by atoms with Crippen LogP contribution in [0.15, 0.2) is 45.6 Å². The summed E-state index contributed by atoms with van der Waals surface area (Å²) in [6.45, 7) is 2.09. The summed E-state index contributed by atoms with van der Waals surface area (Å²) in [7, 11) is 0. The topological polar surface area (TPSA) is 63.3 Å². The van der Waals surface area contributed by atoms with E-state index in [4.69, 9.17) is 4.42 Å². The molecule has 1 aromatic carbocycles. The van der Waals surface area contributed by atoms with Crippen LogP contribution >= 0.6 is 15.9 Å². The zero-order chi connectivity index (χ0) is 14.5. The lowest BCUT2D eigenvalue weighted by atomic mass is 9.92. The van der Waals surface area contributed by atoms with E-state index in [9.17, 15) is 9.90 Å². The number of rotatable bonds is 6. The van der Waals surface area contributed by atoms with Crippen LogP contribution in [-0.2, 0) is 4.79 Å². The smallest absolute Gasteiger partial charge is 0.315 e. The standard InChI is InChI=1S/C15H16BrNO3/c1-10(11-3-5-12(16)6-4-11)2-7-13(15(18)19)14-17-8-9-20-14/h3-6,8-10,13H,2,7H2,1H3,(H,18,19). The van der Waals surface area contributed by atoms with Gasteiger partial charge < -0.3 is 9.52 Å². The number of hydrogen-bond donors (Lipinski definition) is 1. The second-order valence-corrected chi connectivity index (χ2v) is 5.71. The molecule has 0 bridgehead atoms. The minimum Gasteiger partial charge on any atom is -0.481 e. The van der Waals surface area contributed by atoms with Gasteiger partial charge in [-0.3, -0.25) is 4.79 Å². The van der Waals surface area contributed by atoms with Crippen LogP contribution in [0.25, 0.3) is 0 Å². The van der Waals surface area contributed by atoms with Crippen LogP contribution in [0, 0.1) is 0 Å². The number of hydrogen-bond acceptors (Lipinski definition) is 3. The minimum atomic E-state index is -0.893. The van der Waals surface area contributed by atoms with Crippen molar-refractivity contribution in [3.63, 3.8) is 0 Å². The average Bonchev–Trinajstić information content (AvgIpc) is 2.93. The summed E-state index contributed by atoms with van der Waals surface area (Å²) >= 11 is 3.40. The van der Waals surface area contributed by atoms with Crippen molar-refractivity contribution in [2.24, 2.45) is 0 Å². The molecule has 2 atom stereocenters. The lowest BCUT2D eigenvalue weighted by molar-refractivity contribution is -0.139. The zero-order valence-corrected chi connectivity index (χ0v) is 12.7. The van der Waals surface area contributed by atoms with Gasteiger partial charge in [-0.05, 0) is 36.5 Å². The molecule has 20 heavy (non-hydrogen) atoms. The Balaban J connectivity index is 1.99. The van der Waals surface area contributed by atoms with Crippen molar-refractivity contribution in [1.82, 2.24) is 4.98 Å². The quantitative estimate of drug-likeness (QED) is 0.858. The predicted octanol–water partition coefficient (Wildman–Crippen LogP) is 4.19. The van der Waals surface area contributed by atoms with E-state index < -0.39 is 11.9 Å². The summed E-state index contributed by atoms with van der Waals surface area (Å²) in [5.41, 5.74) is 1.20. The number of nitrogens with zero attached hydrogens (tertiary/aromatic N) is 1. The van der Waals surface area contributed by atoms with Gasteiger partial charge in [-0.15, -0.1) is 0 Å². The summed E-state index contributed by atoms with van der Waals surface area (Å²) in [6.07, 6.45) is 4.15. The van der Waals surface area contributed by atoms with Gasteiger partial charge in [-0.2, -0.15) is 0 Å². The molecule has 106 valence electrons. The first kappa shape index (κ1) is 14.8. The van der Waals surface area contributed by atoms with Crippen molar-refractivity contribution >= 4 is 21.9 Å². The largest absolute Gasteiger partial charge is 0.481 e. The highest BCUT2D eigenvalue weighted by atomic mass is 79.9. The van der Waals surface area contributed by atoms with E-state index in [0.717, 1.165) is 10.9 Å². The molecule has 0 spiro atoms. The highest BCUT2D eigenvalue weighted by Crippen LogP contribution is 2.28. The molecule has 1 aromatic heterocycles. The Bertz CT molecular complexity index is 551. The summed E-state index contributed by atoms with van der Waals surface area (Å²) < 4.78 is 6.15. The average molecular weight is 338 g/mol. The number of oxazole rings is 1.